The van der Waals surface area contributed by atoms with Gasteiger partial charge in [0.15, 0.2) is 5.96 Å². The number of hydrogen-bond donors (Lipinski definition) is 3. The van der Waals surface area contributed by atoms with Gasteiger partial charge in [0, 0.05) is 50.7 Å². The van der Waals surface area contributed by atoms with Crippen molar-refractivity contribution in [3.63, 3.8) is 0 Å². The van der Waals surface area contributed by atoms with E-state index in [2.05, 4.69) is 43.3 Å². The largest absolute Gasteiger partial charge is 0.388 e. The third-order valence-electron chi connectivity index (χ3n) is 6.08. The Morgan fingerprint density at radius 3 is 2.38 bits per heavy atom. The molecule has 2 rings (SSSR count). The molecule has 0 aromatic carbocycles. The maximum atomic E-state index is 10.6. The van der Waals surface area contributed by atoms with Crippen molar-refractivity contribution in [2.24, 2.45) is 10.4 Å². The Labute approximate surface area is 175 Å². The zero-order valence-electron chi connectivity index (χ0n) is 16.8. The van der Waals surface area contributed by atoms with E-state index in [4.69, 9.17) is 9.47 Å². The lowest BCUT2D eigenvalue weighted by Gasteiger charge is -2.55. The summed E-state index contributed by atoms with van der Waals surface area (Å²) in [4.78, 5) is 4.68. The average molecular weight is 483 g/mol. The molecule has 7 heteroatoms. The van der Waals surface area contributed by atoms with Gasteiger partial charge in [-0.15, -0.1) is 24.0 Å². The van der Waals surface area contributed by atoms with Gasteiger partial charge in [-0.3, -0.25) is 4.99 Å². The number of halogens is 1. The summed E-state index contributed by atoms with van der Waals surface area (Å²) >= 11 is 0. The summed E-state index contributed by atoms with van der Waals surface area (Å²) in [7, 11) is 0. The predicted molar refractivity (Wildman–Crippen MR) is 116 cm³/mol. The highest BCUT2D eigenvalue weighted by Gasteiger charge is 2.53. The summed E-state index contributed by atoms with van der Waals surface area (Å²) in [5.41, 5.74) is -0.567. The van der Waals surface area contributed by atoms with Crippen molar-refractivity contribution in [1.29, 1.82) is 0 Å². The van der Waals surface area contributed by atoms with E-state index in [1.165, 1.54) is 0 Å². The molecule has 0 amide bonds. The fourth-order valence-electron chi connectivity index (χ4n) is 4.20. The van der Waals surface area contributed by atoms with Crippen LogP contribution in [0, 0.1) is 5.41 Å². The standard InChI is InChI=1S/C19H37N3O3.HI/c1-5-19(6-2)15(13-16(19)25-8-4)22-17(20-7-3)21-14-18(23)9-11-24-12-10-18;/h15-16,23H,5-14H2,1-4H3,(H2,20,21,22);1H. The second-order valence-corrected chi connectivity index (χ2v) is 7.35. The minimum atomic E-state index is -0.735. The number of hydrogen-bond acceptors (Lipinski definition) is 4. The molecule has 0 spiro atoms. The van der Waals surface area contributed by atoms with Gasteiger partial charge in [0.25, 0.3) is 0 Å². The van der Waals surface area contributed by atoms with Crippen molar-refractivity contribution < 1.29 is 14.6 Å². The molecular weight excluding hydrogens is 445 g/mol. The van der Waals surface area contributed by atoms with E-state index < -0.39 is 5.60 Å². The molecule has 0 aromatic rings. The Balaban J connectivity index is 0.00000338. The fraction of sp³-hybridized carbons (Fsp3) is 0.947. The van der Waals surface area contributed by atoms with Gasteiger partial charge in [-0.1, -0.05) is 13.8 Å². The van der Waals surface area contributed by atoms with Crippen molar-refractivity contribution >= 4 is 29.9 Å². The molecule has 1 heterocycles. The van der Waals surface area contributed by atoms with E-state index in [1.807, 2.05) is 0 Å². The zero-order chi connectivity index (χ0) is 18.3. The molecule has 1 aliphatic carbocycles. The smallest absolute Gasteiger partial charge is 0.191 e. The molecule has 3 N–H and O–H groups in total. The van der Waals surface area contributed by atoms with Gasteiger partial charge in [0.05, 0.1) is 18.2 Å². The quantitative estimate of drug-likeness (QED) is 0.281. The van der Waals surface area contributed by atoms with E-state index in [1.54, 1.807) is 0 Å². The highest BCUT2D eigenvalue weighted by Crippen LogP contribution is 2.48. The van der Waals surface area contributed by atoms with E-state index >= 15 is 0 Å². The molecule has 0 radical (unpaired) electrons. The van der Waals surface area contributed by atoms with Crippen molar-refractivity contribution in [2.45, 2.75) is 77.5 Å². The SMILES string of the molecule is CCNC(=NCC1(O)CCOCC1)NC1CC(OCC)C1(CC)CC.I. The van der Waals surface area contributed by atoms with Crippen molar-refractivity contribution in [3.8, 4) is 0 Å². The number of nitrogens with zero attached hydrogens (tertiary/aromatic N) is 1. The molecular formula is C19H38IN3O3. The molecule has 1 saturated carbocycles. The highest BCUT2D eigenvalue weighted by atomic mass is 127. The molecule has 154 valence electrons. The molecule has 1 saturated heterocycles. The van der Waals surface area contributed by atoms with Gasteiger partial charge in [-0.25, -0.2) is 0 Å². The van der Waals surface area contributed by atoms with Gasteiger partial charge in [0.1, 0.15) is 0 Å². The Morgan fingerprint density at radius 1 is 1.19 bits per heavy atom. The van der Waals surface area contributed by atoms with Crippen LogP contribution < -0.4 is 10.6 Å². The van der Waals surface area contributed by atoms with Crippen LogP contribution in [0.25, 0.3) is 0 Å². The molecule has 0 bridgehead atoms. The van der Waals surface area contributed by atoms with Gasteiger partial charge in [-0.2, -0.15) is 0 Å². The molecule has 2 unspecified atom stereocenters. The first kappa shape index (κ1) is 23.9. The van der Waals surface area contributed by atoms with Crippen LogP contribution in [-0.2, 0) is 9.47 Å². The Morgan fingerprint density at radius 2 is 1.85 bits per heavy atom. The normalized spacial score (nSPS) is 27.2. The van der Waals surface area contributed by atoms with Crippen LogP contribution in [0.4, 0.5) is 0 Å². The van der Waals surface area contributed by atoms with E-state index in [0.29, 0.717) is 44.7 Å². The van der Waals surface area contributed by atoms with Crippen LogP contribution in [0.3, 0.4) is 0 Å². The average Bonchev–Trinajstić information content (AvgIpc) is 2.60. The van der Waals surface area contributed by atoms with E-state index in [9.17, 15) is 5.11 Å². The van der Waals surface area contributed by atoms with Gasteiger partial charge in [0.2, 0.25) is 0 Å². The lowest BCUT2D eigenvalue weighted by atomic mass is 9.58. The maximum Gasteiger partial charge on any atom is 0.191 e. The van der Waals surface area contributed by atoms with Gasteiger partial charge >= 0.3 is 0 Å². The molecule has 2 fully saturated rings. The summed E-state index contributed by atoms with van der Waals surface area (Å²) in [5.74, 6) is 0.800. The fourth-order valence-corrected chi connectivity index (χ4v) is 4.20. The predicted octanol–water partition coefficient (Wildman–Crippen LogP) is 2.68. The number of aliphatic imine (C=N–C) groups is 1. The second-order valence-electron chi connectivity index (χ2n) is 7.35. The lowest BCUT2D eigenvalue weighted by molar-refractivity contribution is -0.133. The first-order chi connectivity index (χ1) is 12.0. The lowest BCUT2D eigenvalue weighted by Crippen LogP contribution is -2.65. The van der Waals surface area contributed by atoms with Crippen LogP contribution in [0.2, 0.25) is 0 Å². The van der Waals surface area contributed by atoms with Gasteiger partial charge in [-0.05, 0) is 33.1 Å². The highest BCUT2D eigenvalue weighted by molar-refractivity contribution is 14.0. The van der Waals surface area contributed by atoms with E-state index in [0.717, 1.165) is 38.4 Å². The first-order valence-electron chi connectivity index (χ1n) is 10.00. The Kier molecular flexibility index (Phi) is 10.1. The Bertz CT molecular complexity index is 438. The Hall–Kier alpha value is -0.120. The first-order valence-corrected chi connectivity index (χ1v) is 10.00. The number of ether oxygens (including phenoxy) is 2. The summed E-state index contributed by atoms with van der Waals surface area (Å²) in [6.45, 7) is 11.8. The molecule has 2 aliphatic rings. The summed E-state index contributed by atoms with van der Waals surface area (Å²) in [6.07, 6.45) is 4.82. The summed E-state index contributed by atoms with van der Waals surface area (Å²) in [6, 6.07) is 0.362. The topological polar surface area (TPSA) is 75.1 Å². The third kappa shape index (κ3) is 5.45. The molecule has 26 heavy (non-hydrogen) atoms. The van der Waals surface area contributed by atoms with Crippen molar-refractivity contribution in [1.82, 2.24) is 10.6 Å². The van der Waals surface area contributed by atoms with Crippen LogP contribution in [-0.4, -0.2) is 61.7 Å². The number of rotatable bonds is 8. The van der Waals surface area contributed by atoms with Crippen LogP contribution in [0.15, 0.2) is 4.99 Å². The van der Waals surface area contributed by atoms with Gasteiger partial charge < -0.3 is 25.2 Å². The second kappa shape index (κ2) is 11.0. The third-order valence-corrected chi connectivity index (χ3v) is 6.08. The molecule has 6 nitrogen and oxygen atoms in total. The van der Waals surface area contributed by atoms with Crippen LogP contribution >= 0.6 is 24.0 Å². The monoisotopic (exact) mass is 483 g/mol. The number of aliphatic hydroxyl groups is 1. The number of guanidine groups is 1. The van der Waals surface area contributed by atoms with E-state index in [-0.39, 0.29) is 29.4 Å². The molecule has 0 aromatic heterocycles. The minimum absolute atomic E-state index is 0. The van der Waals surface area contributed by atoms with Crippen LogP contribution in [0.5, 0.6) is 0 Å². The van der Waals surface area contributed by atoms with Crippen molar-refractivity contribution in [2.75, 3.05) is 32.9 Å². The maximum absolute atomic E-state index is 10.6. The summed E-state index contributed by atoms with van der Waals surface area (Å²) < 4.78 is 11.3. The van der Waals surface area contributed by atoms with Crippen LogP contribution in [0.1, 0.15) is 59.8 Å². The summed E-state index contributed by atoms with van der Waals surface area (Å²) in [5, 5.41) is 17.6. The number of nitrogens with one attached hydrogen (secondary N) is 2. The minimum Gasteiger partial charge on any atom is -0.388 e. The molecule has 1 aliphatic heterocycles. The zero-order valence-corrected chi connectivity index (χ0v) is 19.2. The molecule has 2 atom stereocenters. The van der Waals surface area contributed by atoms with Crippen molar-refractivity contribution in [3.05, 3.63) is 0 Å².